The molecule has 0 atom stereocenters. The van der Waals surface area contributed by atoms with Crippen LogP contribution in [-0.2, 0) is 25.5 Å². The number of benzene rings is 2. The molecule has 0 saturated carbocycles. The van der Waals surface area contributed by atoms with Crippen LogP contribution in [0.4, 0.5) is 5.69 Å². The normalized spacial score (nSPS) is 10.4. The summed E-state index contributed by atoms with van der Waals surface area (Å²) in [6, 6.07) is 13.0. The third-order valence-corrected chi connectivity index (χ3v) is 5.62. The molecule has 0 aliphatic heterocycles. The molecule has 9 nitrogen and oxygen atoms in total. The molecule has 1 aromatic heterocycles. The molecule has 0 aliphatic carbocycles. The topological polar surface area (TPSA) is 123 Å². The molecule has 0 aliphatic rings. The highest BCUT2D eigenvalue weighted by Gasteiger charge is 2.16. The van der Waals surface area contributed by atoms with E-state index in [0.29, 0.717) is 12.1 Å². The van der Waals surface area contributed by atoms with Crippen molar-refractivity contribution in [3.05, 3.63) is 75.6 Å². The van der Waals surface area contributed by atoms with Crippen LogP contribution in [0.5, 0.6) is 0 Å². The molecule has 3 rings (SSSR count). The van der Waals surface area contributed by atoms with Gasteiger partial charge in [-0.1, -0.05) is 11.6 Å². The zero-order valence-electron chi connectivity index (χ0n) is 19.4. The Hall–Kier alpha value is -4.16. The lowest BCUT2D eigenvalue weighted by atomic mass is 10.1. The van der Waals surface area contributed by atoms with Crippen molar-refractivity contribution in [2.45, 2.75) is 26.7 Å². The van der Waals surface area contributed by atoms with Crippen LogP contribution < -0.4 is 5.32 Å². The van der Waals surface area contributed by atoms with Gasteiger partial charge in [0, 0.05) is 17.8 Å². The van der Waals surface area contributed by atoms with Gasteiger partial charge in [0.05, 0.1) is 34.6 Å². The first-order chi connectivity index (χ1) is 16.7. The average Bonchev–Trinajstić information content (AvgIpc) is 3.14. The lowest BCUT2D eigenvalue weighted by molar-refractivity contribution is -0.140. The van der Waals surface area contributed by atoms with E-state index in [4.69, 9.17) is 26.3 Å². The Labute approximate surface area is 207 Å². The lowest BCUT2D eigenvalue weighted by Gasteiger charge is -2.09. The SMILES string of the molecule is COC(=O)CCc1c(C)nn(-c2ccc(C(=O)OCC(=O)Nc3ccc(C#N)c(Cl)c3)cc2)c1C. The van der Waals surface area contributed by atoms with Gasteiger partial charge >= 0.3 is 11.9 Å². The van der Waals surface area contributed by atoms with E-state index < -0.39 is 18.5 Å². The minimum absolute atomic E-state index is 0.209. The Kier molecular flexibility index (Phi) is 8.23. The van der Waals surface area contributed by atoms with E-state index in [1.807, 2.05) is 19.9 Å². The van der Waals surface area contributed by atoms with Crippen LogP contribution in [0.3, 0.4) is 0 Å². The number of anilines is 1. The van der Waals surface area contributed by atoms with E-state index in [0.717, 1.165) is 22.6 Å². The summed E-state index contributed by atoms with van der Waals surface area (Å²) in [4.78, 5) is 35.9. The van der Waals surface area contributed by atoms with Gasteiger partial charge in [0.15, 0.2) is 6.61 Å². The third kappa shape index (κ3) is 6.25. The second kappa shape index (κ2) is 11.3. The number of aromatic nitrogens is 2. The highest BCUT2D eigenvalue weighted by atomic mass is 35.5. The maximum Gasteiger partial charge on any atom is 0.338 e. The molecular weight excluding hydrogens is 472 g/mol. The summed E-state index contributed by atoms with van der Waals surface area (Å²) in [6.45, 7) is 3.30. The zero-order chi connectivity index (χ0) is 25.5. The predicted molar refractivity (Wildman–Crippen MR) is 128 cm³/mol. The Bertz CT molecular complexity index is 1310. The molecule has 1 N–H and O–H groups in total. The zero-order valence-corrected chi connectivity index (χ0v) is 20.2. The number of ether oxygens (including phenoxy) is 2. The summed E-state index contributed by atoms with van der Waals surface area (Å²) in [5.41, 5.74) is 4.35. The van der Waals surface area contributed by atoms with Crippen LogP contribution in [0.25, 0.3) is 5.69 Å². The number of amides is 1. The predicted octanol–water partition coefficient (Wildman–Crippen LogP) is 3.92. The number of methoxy groups -OCH3 is 1. The summed E-state index contributed by atoms with van der Waals surface area (Å²) in [6.07, 6.45) is 0.784. The summed E-state index contributed by atoms with van der Waals surface area (Å²) < 4.78 is 11.5. The van der Waals surface area contributed by atoms with Crippen LogP contribution in [0.2, 0.25) is 5.02 Å². The van der Waals surface area contributed by atoms with Crippen molar-refractivity contribution in [2.75, 3.05) is 19.0 Å². The van der Waals surface area contributed by atoms with Crippen LogP contribution >= 0.6 is 11.6 Å². The van der Waals surface area contributed by atoms with Crippen LogP contribution in [0.1, 0.15) is 39.3 Å². The standard InChI is InChI=1S/C25H23ClN4O5/c1-15-21(10-11-24(32)34-3)16(2)30(29-15)20-8-5-17(6-9-20)25(33)35-14-23(31)28-19-7-4-18(13-27)22(26)12-19/h4-9,12H,10-11,14H2,1-3H3,(H,28,31). The first-order valence-electron chi connectivity index (χ1n) is 10.6. The number of nitriles is 1. The molecule has 0 bridgehead atoms. The molecule has 1 amide bonds. The highest BCUT2D eigenvalue weighted by molar-refractivity contribution is 6.32. The Morgan fingerprint density at radius 1 is 1.14 bits per heavy atom. The summed E-state index contributed by atoms with van der Waals surface area (Å²) in [5.74, 6) is -1.48. The number of rotatable bonds is 8. The van der Waals surface area contributed by atoms with E-state index in [2.05, 4.69) is 10.4 Å². The van der Waals surface area contributed by atoms with Gasteiger partial charge < -0.3 is 14.8 Å². The molecule has 1 heterocycles. The van der Waals surface area contributed by atoms with Gasteiger partial charge in [-0.15, -0.1) is 0 Å². The van der Waals surface area contributed by atoms with Gasteiger partial charge in [-0.05, 0) is 68.3 Å². The van der Waals surface area contributed by atoms with Gasteiger partial charge in [-0.2, -0.15) is 10.4 Å². The quantitative estimate of drug-likeness (QED) is 0.471. The van der Waals surface area contributed by atoms with Crippen molar-refractivity contribution in [1.82, 2.24) is 9.78 Å². The number of esters is 2. The fourth-order valence-electron chi connectivity index (χ4n) is 3.45. The molecule has 3 aromatic rings. The highest BCUT2D eigenvalue weighted by Crippen LogP contribution is 2.21. The largest absolute Gasteiger partial charge is 0.469 e. The van der Waals surface area contributed by atoms with Gasteiger partial charge in [0.2, 0.25) is 0 Å². The molecule has 0 unspecified atom stereocenters. The number of hydrogen-bond acceptors (Lipinski definition) is 7. The first kappa shape index (κ1) is 25.5. The van der Waals surface area contributed by atoms with E-state index in [9.17, 15) is 14.4 Å². The van der Waals surface area contributed by atoms with Gasteiger partial charge in [0.1, 0.15) is 6.07 Å². The van der Waals surface area contributed by atoms with Gasteiger partial charge in [0.25, 0.3) is 5.91 Å². The Morgan fingerprint density at radius 2 is 1.86 bits per heavy atom. The second-order valence-electron chi connectivity index (χ2n) is 7.61. The number of carbonyl (C=O) groups is 3. The lowest BCUT2D eigenvalue weighted by Crippen LogP contribution is -2.21. The number of aryl methyl sites for hydroxylation is 1. The van der Waals surface area contributed by atoms with Crippen LogP contribution in [-0.4, -0.2) is 41.3 Å². The number of nitrogens with one attached hydrogen (secondary N) is 1. The molecular formula is C25H23ClN4O5. The molecule has 0 spiro atoms. The summed E-state index contributed by atoms with van der Waals surface area (Å²) in [7, 11) is 1.36. The molecule has 2 aromatic carbocycles. The van der Waals surface area contributed by atoms with Crippen LogP contribution in [0.15, 0.2) is 42.5 Å². The van der Waals surface area contributed by atoms with E-state index in [1.54, 1.807) is 28.9 Å². The molecule has 180 valence electrons. The fraction of sp³-hybridized carbons (Fsp3) is 0.240. The molecule has 0 radical (unpaired) electrons. The molecule has 0 fully saturated rings. The van der Waals surface area contributed by atoms with Crippen molar-refractivity contribution in [2.24, 2.45) is 0 Å². The third-order valence-electron chi connectivity index (χ3n) is 5.30. The van der Waals surface area contributed by atoms with Crippen molar-refractivity contribution in [3.63, 3.8) is 0 Å². The van der Waals surface area contributed by atoms with Gasteiger partial charge in [-0.3, -0.25) is 9.59 Å². The summed E-state index contributed by atoms with van der Waals surface area (Å²) >= 11 is 5.95. The fourth-order valence-corrected chi connectivity index (χ4v) is 3.67. The average molecular weight is 495 g/mol. The second-order valence-corrected chi connectivity index (χ2v) is 8.02. The minimum Gasteiger partial charge on any atom is -0.469 e. The number of nitrogens with zero attached hydrogens (tertiary/aromatic N) is 3. The van der Waals surface area contributed by atoms with E-state index in [1.165, 1.54) is 25.3 Å². The van der Waals surface area contributed by atoms with Crippen LogP contribution in [0, 0.1) is 25.2 Å². The summed E-state index contributed by atoms with van der Waals surface area (Å²) in [5, 5.41) is 16.2. The number of halogens is 1. The number of hydrogen-bond donors (Lipinski definition) is 1. The molecule has 10 heteroatoms. The monoisotopic (exact) mass is 494 g/mol. The maximum atomic E-state index is 12.4. The first-order valence-corrected chi connectivity index (χ1v) is 11.0. The maximum absolute atomic E-state index is 12.4. The van der Waals surface area contributed by atoms with E-state index >= 15 is 0 Å². The molecule has 0 saturated heterocycles. The van der Waals surface area contributed by atoms with Crippen molar-refractivity contribution >= 4 is 35.1 Å². The van der Waals surface area contributed by atoms with Crippen molar-refractivity contribution in [3.8, 4) is 11.8 Å². The molecule has 35 heavy (non-hydrogen) atoms. The van der Waals surface area contributed by atoms with Gasteiger partial charge in [-0.25, -0.2) is 9.48 Å². The Morgan fingerprint density at radius 3 is 2.49 bits per heavy atom. The minimum atomic E-state index is -0.656. The van der Waals surface area contributed by atoms with Crippen molar-refractivity contribution < 1.29 is 23.9 Å². The van der Waals surface area contributed by atoms with Crippen molar-refractivity contribution in [1.29, 1.82) is 5.26 Å². The smallest absolute Gasteiger partial charge is 0.338 e. The van der Waals surface area contributed by atoms with E-state index in [-0.39, 0.29) is 28.5 Å². The Balaban J connectivity index is 1.60. The number of carbonyl (C=O) groups excluding carboxylic acids is 3.